The molecule has 1 aromatic rings. The summed E-state index contributed by atoms with van der Waals surface area (Å²) in [5.74, 6) is 0.542. The molecule has 1 atom stereocenters. The van der Waals surface area contributed by atoms with E-state index in [-0.39, 0.29) is 11.9 Å². The second kappa shape index (κ2) is 6.77. The number of hydrogen-bond donors (Lipinski definition) is 2. The Kier molecular flexibility index (Phi) is 4.76. The van der Waals surface area contributed by atoms with Crippen molar-refractivity contribution >= 4 is 5.91 Å². The van der Waals surface area contributed by atoms with E-state index in [1.807, 2.05) is 11.6 Å². The van der Waals surface area contributed by atoms with Crippen molar-refractivity contribution in [1.82, 2.24) is 25.6 Å². The first kappa shape index (κ1) is 15.5. The molecule has 2 fully saturated rings. The van der Waals surface area contributed by atoms with Gasteiger partial charge in [-0.1, -0.05) is 18.1 Å². The highest BCUT2D eigenvalue weighted by Crippen LogP contribution is 2.27. The summed E-state index contributed by atoms with van der Waals surface area (Å²) in [5, 5.41) is 14.9. The minimum Gasteiger partial charge on any atom is -0.348 e. The standard InChI is InChI=1S/C16H27N5O/c1-11(13-5-3-4-6-13)18-16(22)15-12(2)21(20-19-15)14-7-9-17-10-8-14/h11,13-14,17H,3-10H2,1-2H3,(H,18,22). The Morgan fingerprint density at radius 2 is 1.95 bits per heavy atom. The summed E-state index contributed by atoms with van der Waals surface area (Å²) in [5.41, 5.74) is 1.38. The van der Waals surface area contributed by atoms with E-state index in [0.29, 0.717) is 17.7 Å². The molecule has 122 valence electrons. The molecule has 1 aliphatic carbocycles. The molecule has 1 aliphatic heterocycles. The van der Waals surface area contributed by atoms with Crippen LogP contribution in [0.4, 0.5) is 0 Å². The van der Waals surface area contributed by atoms with Crippen molar-refractivity contribution in [3.63, 3.8) is 0 Å². The summed E-state index contributed by atoms with van der Waals surface area (Å²) >= 11 is 0. The average molecular weight is 305 g/mol. The van der Waals surface area contributed by atoms with Gasteiger partial charge in [0, 0.05) is 6.04 Å². The molecule has 0 radical (unpaired) electrons. The molecule has 22 heavy (non-hydrogen) atoms. The number of rotatable bonds is 4. The lowest BCUT2D eigenvalue weighted by molar-refractivity contribution is 0.0921. The third kappa shape index (κ3) is 3.16. The monoisotopic (exact) mass is 305 g/mol. The minimum atomic E-state index is -0.0721. The molecule has 1 saturated carbocycles. The van der Waals surface area contributed by atoms with E-state index < -0.39 is 0 Å². The molecule has 0 aromatic carbocycles. The first-order valence-corrected chi connectivity index (χ1v) is 8.60. The predicted molar refractivity (Wildman–Crippen MR) is 84.8 cm³/mol. The van der Waals surface area contributed by atoms with E-state index in [0.717, 1.165) is 31.6 Å². The fourth-order valence-electron chi connectivity index (χ4n) is 3.80. The number of carbonyl (C=O) groups is 1. The maximum atomic E-state index is 12.5. The number of amides is 1. The summed E-state index contributed by atoms with van der Waals surface area (Å²) in [6, 6.07) is 0.584. The normalized spacial score (nSPS) is 21.9. The van der Waals surface area contributed by atoms with Crippen molar-refractivity contribution < 1.29 is 4.79 Å². The molecule has 6 nitrogen and oxygen atoms in total. The molecule has 1 unspecified atom stereocenters. The zero-order chi connectivity index (χ0) is 15.5. The van der Waals surface area contributed by atoms with Gasteiger partial charge in [0.1, 0.15) is 0 Å². The first-order valence-electron chi connectivity index (χ1n) is 8.60. The van der Waals surface area contributed by atoms with Gasteiger partial charge >= 0.3 is 0 Å². The van der Waals surface area contributed by atoms with Crippen molar-refractivity contribution in [3.05, 3.63) is 11.4 Å². The van der Waals surface area contributed by atoms with Gasteiger partial charge in [-0.2, -0.15) is 0 Å². The van der Waals surface area contributed by atoms with Gasteiger partial charge in [0.15, 0.2) is 5.69 Å². The summed E-state index contributed by atoms with van der Waals surface area (Å²) < 4.78 is 1.94. The quantitative estimate of drug-likeness (QED) is 0.890. The molecule has 1 amide bonds. The number of carbonyl (C=O) groups excluding carboxylic acids is 1. The highest BCUT2D eigenvalue weighted by Gasteiger charge is 2.26. The van der Waals surface area contributed by atoms with E-state index >= 15 is 0 Å². The van der Waals surface area contributed by atoms with Crippen molar-refractivity contribution in [1.29, 1.82) is 0 Å². The van der Waals surface area contributed by atoms with Gasteiger partial charge in [-0.3, -0.25) is 4.79 Å². The van der Waals surface area contributed by atoms with Crippen molar-refractivity contribution in [3.8, 4) is 0 Å². The van der Waals surface area contributed by atoms with Gasteiger partial charge in [-0.05, 0) is 58.5 Å². The lowest BCUT2D eigenvalue weighted by atomic mass is 10.00. The number of hydrogen-bond acceptors (Lipinski definition) is 4. The van der Waals surface area contributed by atoms with Crippen LogP contribution in [0.5, 0.6) is 0 Å². The van der Waals surface area contributed by atoms with Gasteiger partial charge in [0.2, 0.25) is 0 Å². The molecular formula is C16H27N5O. The van der Waals surface area contributed by atoms with E-state index in [9.17, 15) is 4.79 Å². The smallest absolute Gasteiger partial charge is 0.273 e. The molecule has 2 aliphatic rings. The predicted octanol–water partition coefficient (Wildman–Crippen LogP) is 1.82. The molecule has 6 heteroatoms. The van der Waals surface area contributed by atoms with Crippen LogP contribution in [-0.4, -0.2) is 40.0 Å². The van der Waals surface area contributed by atoms with Crippen LogP contribution in [-0.2, 0) is 0 Å². The topological polar surface area (TPSA) is 71.8 Å². The molecular weight excluding hydrogens is 278 g/mol. The van der Waals surface area contributed by atoms with E-state index in [2.05, 4.69) is 27.9 Å². The van der Waals surface area contributed by atoms with Crippen molar-refractivity contribution in [2.45, 2.75) is 64.5 Å². The average Bonchev–Trinajstić information content (AvgIpc) is 3.17. The Hall–Kier alpha value is -1.43. The molecule has 0 bridgehead atoms. The number of nitrogens with one attached hydrogen (secondary N) is 2. The Morgan fingerprint density at radius 1 is 1.27 bits per heavy atom. The van der Waals surface area contributed by atoms with Crippen LogP contribution in [0.25, 0.3) is 0 Å². The lowest BCUT2D eigenvalue weighted by Gasteiger charge is -2.23. The Morgan fingerprint density at radius 3 is 2.64 bits per heavy atom. The van der Waals surface area contributed by atoms with Crippen LogP contribution in [0.3, 0.4) is 0 Å². The fraction of sp³-hybridized carbons (Fsp3) is 0.812. The van der Waals surface area contributed by atoms with E-state index in [1.54, 1.807) is 0 Å². The number of piperidine rings is 1. The zero-order valence-corrected chi connectivity index (χ0v) is 13.6. The van der Waals surface area contributed by atoms with Gasteiger partial charge in [0.05, 0.1) is 11.7 Å². The fourth-order valence-corrected chi connectivity index (χ4v) is 3.80. The lowest BCUT2D eigenvalue weighted by Crippen LogP contribution is -2.37. The van der Waals surface area contributed by atoms with Crippen molar-refractivity contribution in [2.75, 3.05) is 13.1 Å². The van der Waals surface area contributed by atoms with Crippen LogP contribution < -0.4 is 10.6 Å². The minimum absolute atomic E-state index is 0.0721. The Bertz CT molecular complexity index is 515. The van der Waals surface area contributed by atoms with Crippen LogP contribution >= 0.6 is 0 Å². The molecule has 1 saturated heterocycles. The third-order valence-corrected chi connectivity index (χ3v) is 5.26. The summed E-state index contributed by atoms with van der Waals surface area (Å²) in [4.78, 5) is 12.5. The summed E-state index contributed by atoms with van der Waals surface area (Å²) in [7, 11) is 0. The van der Waals surface area contributed by atoms with Crippen LogP contribution in [0.15, 0.2) is 0 Å². The zero-order valence-electron chi connectivity index (χ0n) is 13.6. The molecule has 2 N–H and O–H groups in total. The van der Waals surface area contributed by atoms with Crippen LogP contribution in [0.1, 0.15) is 67.7 Å². The van der Waals surface area contributed by atoms with Crippen molar-refractivity contribution in [2.24, 2.45) is 5.92 Å². The van der Waals surface area contributed by atoms with Gasteiger partial charge in [-0.15, -0.1) is 5.10 Å². The van der Waals surface area contributed by atoms with Crippen LogP contribution in [0.2, 0.25) is 0 Å². The Labute approximate surface area is 132 Å². The maximum absolute atomic E-state index is 12.5. The van der Waals surface area contributed by atoms with E-state index in [1.165, 1.54) is 25.7 Å². The largest absolute Gasteiger partial charge is 0.348 e. The van der Waals surface area contributed by atoms with Gasteiger partial charge in [-0.25, -0.2) is 4.68 Å². The molecule has 2 heterocycles. The summed E-state index contributed by atoms with van der Waals surface area (Å²) in [6.07, 6.45) is 7.11. The Balaban J connectivity index is 1.66. The first-order chi connectivity index (χ1) is 10.7. The second-order valence-corrected chi connectivity index (χ2v) is 6.76. The SMILES string of the molecule is Cc1c(C(=O)NC(C)C2CCCC2)nnn1C1CCNCC1. The maximum Gasteiger partial charge on any atom is 0.273 e. The number of nitrogens with zero attached hydrogens (tertiary/aromatic N) is 3. The molecule has 3 rings (SSSR count). The van der Waals surface area contributed by atoms with Gasteiger partial charge in [0.25, 0.3) is 5.91 Å². The van der Waals surface area contributed by atoms with Crippen LogP contribution in [0, 0.1) is 12.8 Å². The second-order valence-electron chi connectivity index (χ2n) is 6.76. The van der Waals surface area contributed by atoms with Gasteiger partial charge < -0.3 is 10.6 Å². The number of aromatic nitrogens is 3. The summed E-state index contributed by atoms with van der Waals surface area (Å²) in [6.45, 7) is 6.08. The molecule has 0 spiro atoms. The third-order valence-electron chi connectivity index (χ3n) is 5.26. The highest BCUT2D eigenvalue weighted by atomic mass is 16.2. The highest BCUT2D eigenvalue weighted by molar-refractivity contribution is 5.93. The molecule has 1 aromatic heterocycles. The van der Waals surface area contributed by atoms with E-state index in [4.69, 9.17) is 0 Å².